The van der Waals surface area contributed by atoms with Gasteiger partial charge in [-0.05, 0) is 106 Å². The molecule has 5 nitrogen and oxygen atoms in total. The second-order valence-corrected chi connectivity index (χ2v) is 12.7. The summed E-state index contributed by atoms with van der Waals surface area (Å²) in [7, 11) is 0. The second kappa shape index (κ2) is 8.14. The number of aryl methyl sites for hydroxylation is 2. The lowest BCUT2D eigenvalue weighted by Gasteiger charge is -2.16. The molecule has 0 bridgehead atoms. The molecule has 0 amide bonds. The Bertz CT molecular complexity index is 2640. The summed E-state index contributed by atoms with van der Waals surface area (Å²) < 4.78 is 6.94. The topological polar surface area (TPSA) is 39.0 Å². The van der Waals surface area contributed by atoms with Crippen molar-refractivity contribution in [3.63, 3.8) is 0 Å². The van der Waals surface area contributed by atoms with Gasteiger partial charge in [0.25, 0.3) is 0 Å². The van der Waals surface area contributed by atoms with Crippen molar-refractivity contribution >= 4 is 71.7 Å². The van der Waals surface area contributed by atoms with Gasteiger partial charge >= 0.3 is 0 Å². The summed E-state index contributed by atoms with van der Waals surface area (Å²) in [5, 5.41) is 4.82. The highest BCUT2D eigenvalue weighted by atomic mass is 15.3. The molecule has 0 aliphatic heterocycles. The van der Waals surface area contributed by atoms with Gasteiger partial charge in [0.05, 0.1) is 33.1 Å². The molecule has 44 heavy (non-hydrogen) atoms. The normalized spacial score (nSPS) is 12.8. The Morgan fingerprint density at radius 2 is 0.932 bits per heavy atom. The molecule has 10 rings (SSSR count). The lowest BCUT2D eigenvalue weighted by molar-refractivity contribution is 0.846. The van der Waals surface area contributed by atoms with E-state index in [-0.39, 0.29) is 0 Å². The minimum absolute atomic E-state index is 0.486. The Balaban J connectivity index is 1.41. The predicted octanol–water partition coefficient (Wildman–Crippen LogP) is 9.85. The standard InChI is InChI=1S/C39H29N5/c1-21(2)36-22(3)13-28(14-23(36)4)29-19-34-37-35(20-29)43-33-18-27-12-8-6-10-25(27)16-31(33)41-39(43)44(37)38-40-30-15-24-9-5-7-11-26(24)17-32(30)42(34)38/h5-21H,1-4H3. The first-order valence-electron chi connectivity index (χ1n) is 15.4. The minimum Gasteiger partial charge on any atom is -0.276 e. The molecule has 4 heterocycles. The molecule has 6 aromatic carbocycles. The average Bonchev–Trinajstić information content (AvgIpc) is 3.72. The third kappa shape index (κ3) is 2.98. The molecule has 0 saturated carbocycles. The van der Waals surface area contributed by atoms with Crippen LogP contribution in [0.5, 0.6) is 0 Å². The van der Waals surface area contributed by atoms with Crippen LogP contribution in [0, 0.1) is 13.8 Å². The molecule has 0 aliphatic carbocycles. The number of hydrogen-bond donors (Lipinski definition) is 0. The Labute approximate surface area is 252 Å². The van der Waals surface area contributed by atoms with Crippen molar-refractivity contribution < 1.29 is 0 Å². The van der Waals surface area contributed by atoms with Crippen molar-refractivity contribution in [2.75, 3.05) is 0 Å². The first kappa shape index (κ1) is 24.1. The van der Waals surface area contributed by atoms with E-state index >= 15 is 0 Å². The average molecular weight is 568 g/mol. The van der Waals surface area contributed by atoms with Crippen molar-refractivity contribution in [1.29, 1.82) is 0 Å². The van der Waals surface area contributed by atoms with Gasteiger partial charge in [0, 0.05) is 0 Å². The summed E-state index contributed by atoms with van der Waals surface area (Å²) in [4.78, 5) is 10.5. The van der Waals surface area contributed by atoms with E-state index in [2.05, 4.69) is 138 Å². The maximum atomic E-state index is 5.27. The number of rotatable bonds is 2. The van der Waals surface area contributed by atoms with Crippen LogP contribution in [0.25, 0.3) is 82.8 Å². The fourth-order valence-electron chi connectivity index (χ4n) is 7.96. The van der Waals surface area contributed by atoms with Crippen molar-refractivity contribution in [2.45, 2.75) is 33.6 Å². The quantitative estimate of drug-likeness (QED) is 0.209. The molecule has 0 spiro atoms. The number of nitrogens with zero attached hydrogens (tertiary/aromatic N) is 5. The molecule has 0 aliphatic rings. The Morgan fingerprint density at radius 3 is 1.39 bits per heavy atom. The summed E-state index contributed by atoms with van der Waals surface area (Å²) in [6, 6.07) is 35.5. The summed E-state index contributed by atoms with van der Waals surface area (Å²) >= 11 is 0. The van der Waals surface area contributed by atoms with Crippen molar-refractivity contribution in [1.82, 2.24) is 23.2 Å². The van der Waals surface area contributed by atoms with Crippen LogP contribution in [0.3, 0.4) is 0 Å². The van der Waals surface area contributed by atoms with Gasteiger partial charge in [-0.1, -0.05) is 74.5 Å². The molecule has 5 heteroatoms. The van der Waals surface area contributed by atoms with E-state index in [4.69, 9.17) is 9.97 Å². The molecule has 210 valence electrons. The lowest BCUT2D eigenvalue weighted by Crippen LogP contribution is -1.97. The zero-order valence-electron chi connectivity index (χ0n) is 25.1. The van der Waals surface area contributed by atoms with Gasteiger partial charge in [0.1, 0.15) is 5.52 Å². The van der Waals surface area contributed by atoms with E-state index in [9.17, 15) is 0 Å². The van der Waals surface area contributed by atoms with Gasteiger partial charge in [0.15, 0.2) is 0 Å². The first-order valence-corrected chi connectivity index (χ1v) is 15.4. The maximum Gasteiger partial charge on any atom is 0.223 e. The highest BCUT2D eigenvalue weighted by molar-refractivity contribution is 6.08. The van der Waals surface area contributed by atoms with Crippen LogP contribution < -0.4 is 0 Å². The van der Waals surface area contributed by atoms with Gasteiger partial charge < -0.3 is 0 Å². The molecule has 0 radical (unpaired) electrons. The number of benzene rings is 6. The van der Waals surface area contributed by atoms with E-state index in [1.54, 1.807) is 0 Å². The smallest absolute Gasteiger partial charge is 0.223 e. The molecule has 4 aromatic heterocycles. The van der Waals surface area contributed by atoms with Gasteiger partial charge in [-0.3, -0.25) is 8.80 Å². The molecule has 0 fully saturated rings. The number of fused-ring (bicyclic) bond motifs is 12. The molecular weight excluding hydrogens is 538 g/mol. The van der Waals surface area contributed by atoms with Gasteiger partial charge in [-0.25, -0.2) is 14.4 Å². The fraction of sp³-hybridized carbons (Fsp3) is 0.128. The van der Waals surface area contributed by atoms with Crippen molar-refractivity contribution in [3.8, 4) is 11.1 Å². The minimum atomic E-state index is 0.486. The Hall–Kier alpha value is -5.42. The molecule has 0 atom stereocenters. The summed E-state index contributed by atoms with van der Waals surface area (Å²) in [5.41, 5.74) is 14.2. The highest BCUT2D eigenvalue weighted by Crippen LogP contribution is 2.39. The third-order valence-electron chi connectivity index (χ3n) is 9.69. The van der Waals surface area contributed by atoms with Gasteiger partial charge in [-0.15, -0.1) is 0 Å². The van der Waals surface area contributed by atoms with Crippen molar-refractivity contribution in [3.05, 3.63) is 114 Å². The zero-order chi connectivity index (χ0) is 29.4. The van der Waals surface area contributed by atoms with E-state index in [1.807, 2.05) is 0 Å². The number of hydrogen-bond acceptors (Lipinski definition) is 2. The van der Waals surface area contributed by atoms with E-state index in [1.165, 1.54) is 49.4 Å². The highest BCUT2D eigenvalue weighted by Gasteiger charge is 2.25. The maximum absolute atomic E-state index is 5.27. The van der Waals surface area contributed by atoms with Crippen LogP contribution in [-0.2, 0) is 0 Å². The monoisotopic (exact) mass is 567 g/mol. The van der Waals surface area contributed by atoms with Crippen LogP contribution >= 0.6 is 0 Å². The lowest BCUT2D eigenvalue weighted by atomic mass is 9.89. The van der Waals surface area contributed by atoms with E-state index < -0.39 is 0 Å². The first-order chi connectivity index (χ1) is 21.4. The largest absolute Gasteiger partial charge is 0.276 e. The number of imidazole rings is 4. The van der Waals surface area contributed by atoms with Crippen LogP contribution in [0.2, 0.25) is 0 Å². The molecule has 0 N–H and O–H groups in total. The molecule has 0 unspecified atom stereocenters. The molecule has 10 aromatic rings. The number of aromatic nitrogens is 5. The van der Waals surface area contributed by atoms with Crippen LogP contribution in [0.15, 0.2) is 97.1 Å². The molecular formula is C39H29N5. The summed E-state index contributed by atoms with van der Waals surface area (Å²) in [6.45, 7) is 9.06. The van der Waals surface area contributed by atoms with Crippen LogP contribution in [0.4, 0.5) is 0 Å². The van der Waals surface area contributed by atoms with Crippen molar-refractivity contribution in [2.24, 2.45) is 0 Å². The third-order valence-corrected chi connectivity index (χ3v) is 9.69. The zero-order valence-corrected chi connectivity index (χ0v) is 25.1. The van der Waals surface area contributed by atoms with Crippen LogP contribution in [-0.4, -0.2) is 23.2 Å². The summed E-state index contributed by atoms with van der Waals surface area (Å²) in [5.74, 6) is 2.27. The van der Waals surface area contributed by atoms with Crippen LogP contribution in [0.1, 0.15) is 36.5 Å². The second-order valence-electron chi connectivity index (χ2n) is 12.7. The van der Waals surface area contributed by atoms with E-state index in [0.717, 1.165) is 50.2 Å². The Kier molecular flexibility index (Phi) is 4.45. The predicted molar refractivity (Wildman–Crippen MR) is 183 cm³/mol. The SMILES string of the molecule is Cc1cc(-c2cc3c4c(c2)n2c5cc6ccccc6cc5nc2n4c2nc4cc5ccccc5cc4n32)cc(C)c1C(C)C. The fourth-order valence-corrected chi connectivity index (χ4v) is 7.96. The van der Waals surface area contributed by atoms with Gasteiger partial charge in [-0.2, -0.15) is 0 Å². The van der Waals surface area contributed by atoms with E-state index in [0.29, 0.717) is 5.92 Å². The summed E-state index contributed by atoms with van der Waals surface area (Å²) in [6.07, 6.45) is 0. The molecule has 0 saturated heterocycles. The van der Waals surface area contributed by atoms with Gasteiger partial charge in [0.2, 0.25) is 11.6 Å². The Morgan fingerprint density at radius 1 is 0.500 bits per heavy atom.